The van der Waals surface area contributed by atoms with Gasteiger partial charge in [0.05, 0.1) is 11.7 Å². The maximum Gasteiger partial charge on any atom is 0.342 e. The molecular formula is C25H22Cl3F2N3O3. The van der Waals surface area contributed by atoms with E-state index in [1.54, 1.807) is 12.1 Å². The van der Waals surface area contributed by atoms with Crippen LogP contribution in [0.3, 0.4) is 0 Å². The molecule has 0 bridgehead atoms. The topological polar surface area (TPSA) is 87.3 Å². The third-order valence-electron chi connectivity index (χ3n) is 5.00. The van der Waals surface area contributed by atoms with Crippen molar-refractivity contribution < 1.29 is 23.0 Å². The van der Waals surface area contributed by atoms with Crippen molar-refractivity contribution in [2.45, 2.75) is 19.1 Å². The Morgan fingerprint density at radius 1 is 1.06 bits per heavy atom. The fraction of sp³-hybridized carbons (Fsp3) is 0.160. The van der Waals surface area contributed by atoms with Gasteiger partial charge in [-0.15, -0.1) is 24.8 Å². The third-order valence-corrected chi connectivity index (χ3v) is 5.26. The average molecular weight is 557 g/mol. The van der Waals surface area contributed by atoms with E-state index in [0.29, 0.717) is 11.2 Å². The molecule has 0 aliphatic heterocycles. The van der Waals surface area contributed by atoms with E-state index >= 15 is 0 Å². The molecule has 4 aromatic rings. The molecule has 0 saturated heterocycles. The van der Waals surface area contributed by atoms with Crippen LogP contribution in [0, 0.1) is 11.6 Å². The summed E-state index contributed by atoms with van der Waals surface area (Å²) in [4.78, 5) is 21.0. The van der Waals surface area contributed by atoms with Gasteiger partial charge in [0.2, 0.25) is 0 Å². The Kier molecular flexibility index (Phi) is 10.8. The number of pyridine rings is 2. The van der Waals surface area contributed by atoms with Crippen molar-refractivity contribution in [3.63, 3.8) is 0 Å². The predicted octanol–water partition coefficient (Wildman–Crippen LogP) is 5.71. The van der Waals surface area contributed by atoms with Crippen LogP contribution in [-0.2, 0) is 17.8 Å². The number of rotatable bonds is 8. The largest absolute Gasteiger partial charge is 0.491 e. The Labute approximate surface area is 223 Å². The van der Waals surface area contributed by atoms with Crippen LogP contribution in [0.2, 0.25) is 5.15 Å². The molecule has 0 amide bonds. The molecular weight excluding hydrogens is 535 g/mol. The number of aromatic nitrogens is 2. The summed E-state index contributed by atoms with van der Waals surface area (Å²) >= 11 is 5.72. The highest BCUT2D eigenvalue weighted by Crippen LogP contribution is 2.29. The zero-order valence-corrected chi connectivity index (χ0v) is 21.1. The molecule has 4 rings (SSSR count). The Hall–Kier alpha value is -3.04. The number of carbonyl (C=O) groups is 1. The average Bonchev–Trinajstić information content (AvgIpc) is 2.83. The lowest BCUT2D eigenvalue weighted by atomic mass is 10.1. The van der Waals surface area contributed by atoms with Crippen molar-refractivity contribution in [1.82, 2.24) is 9.97 Å². The molecule has 190 valence electrons. The summed E-state index contributed by atoms with van der Waals surface area (Å²) in [7, 11) is 0. The van der Waals surface area contributed by atoms with Crippen LogP contribution in [-0.4, -0.2) is 28.6 Å². The fourth-order valence-electron chi connectivity index (χ4n) is 3.37. The summed E-state index contributed by atoms with van der Waals surface area (Å²) in [5.74, 6) is -1.72. The summed E-state index contributed by atoms with van der Waals surface area (Å²) in [5, 5.41) is 0.0224. The lowest BCUT2D eigenvalue weighted by Gasteiger charge is -2.17. The number of halogens is 5. The van der Waals surface area contributed by atoms with Crippen molar-refractivity contribution in [2.75, 3.05) is 6.61 Å². The number of hydrogen-bond donors (Lipinski definition) is 1. The van der Waals surface area contributed by atoms with Gasteiger partial charge >= 0.3 is 5.97 Å². The second-order valence-electron chi connectivity index (χ2n) is 7.57. The van der Waals surface area contributed by atoms with E-state index in [9.17, 15) is 13.6 Å². The van der Waals surface area contributed by atoms with E-state index in [4.69, 9.17) is 26.8 Å². The number of benzene rings is 2. The molecule has 0 saturated carbocycles. The highest BCUT2D eigenvalue weighted by Gasteiger charge is 2.21. The highest BCUT2D eigenvalue weighted by molar-refractivity contribution is 6.29. The second kappa shape index (κ2) is 13.3. The number of esters is 1. The molecule has 0 aliphatic carbocycles. The quantitative estimate of drug-likeness (QED) is 0.221. The monoisotopic (exact) mass is 555 g/mol. The van der Waals surface area contributed by atoms with Gasteiger partial charge in [-0.25, -0.2) is 18.6 Å². The first kappa shape index (κ1) is 29.2. The van der Waals surface area contributed by atoms with Crippen molar-refractivity contribution in [2.24, 2.45) is 5.73 Å². The molecule has 0 spiro atoms. The first-order valence-electron chi connectivity index (χ1n) is 10.4. The van der Waals surface area contributed by atoms with Crippen LogP contribution in [0.4, 0.5) is 8.78 Å². The molecule has 2 N–H and O–H groups in total. The Balaban J connectivity index is 0.00000228. The van der Waals surface area contributed by atoms with Gasteiger partial charge in [-0.3, -0.25) is 4.98 Å². The van der Waals surface area contributed by atoms with E-state index < -0.39 is 23.6 Å². The van der Waals surface area contributed by atoms with E-state index in [0.717, 1.165) is 11.8 Å². The third kappa shape index (κ3) is 7.24. The summed E-state index contributed by atoms with van der Waals surface area (Å²) in [5.41, 5.74) is 7.91. The van der Waals surface area contributed by atoms with Gasteiger partial charge in [-0.2, -0.15) is 0 Å². The number of carbonyl (C=O) groups excluding carboxylic acids is 1. The lowest BCUT2D eigenvalue weighted by Crippen LogP contribution is -2.31. The summed E-state index contributed by atoms with van der Waals surface area (Å²) in [6.07, 6.45) is 1.33. The van der Waals surface area contributed by atoms with Gasteiger partial charge in [-0.05, 0) is 35.9 Å². The zero-order valence-electron chi connectivity index (χ0n) is 18.7. The van der Waals surface area contributed by atoms with Gasteiger partial charge in [0, 0.05) is 23.5 Å². The van der Waals surface area contributed by atoms with Crippen molar-refractivity contribution in [1.29, 1.82) is 0 Å². The molecule has 1 atom stereocenters. The van der Waals surface area contributed by atoms with E-state index in [1.165, 1.54) is 18.2 Å². The summed E-state index contributed by atoms with van der Waals surface area (Å²) < 4.78 is 38.6. The predicted molar refractivity (Wildman–Crippen MR) is 138 cm³/mol. The van der Waals surface area contributed by atoms with Crippen LogP contribution < -0.4 is 10.5 Å². The Morgan fingerprint density at radius 3 is 2.53 bits per heavy atom. The van der Waals surface area contributed by atoms with E-state index in [1.807, 2.05) is 30.3 Å². The molecule has 0 aliphatic rings. The number of nitrogens with zero attached hydrogens (tertiary/aromatic N) is 2. The molecule has 2 aromatic carbocycles. The van der Waals surface area contributed by atoms with Crippen LogP contribution in [0.15, 0.2) is 66.9 Å². The Morgan fingerprint density at radius 2 is 1.81 bits per heavy atom. The molecule has 2 aromatic heterocycles. The minimum Gasteiger partial charge on any atom is -0.491 e. The normalized spacial score (nSPS) is 11.2. The van der Waals surface area contributed by atoms with Crippen molar-refractivity contribution in [3.8, 4) is 5.75 Å². The van der Waals surface area contributed by atoms with E-state index in [2.05, 4.69) is 9.97 Å². The minimum atomic E-state index is -0.683. The maximum absolute atomic E-state index is 14.0. The van der Waals surface area contributed by atoms with Crippen LogP contribution in [0.25, 0.3) is 10.9 Å². The zero-order chi connectivity index (χ0) is 24.1. The first-order valence-corrected chi connectivity index (χ1v) is 10.8. The van der Waals surface area contributed by atoms with Gasteiger partial charge in [0.1, 0.15) is 30.3 Å². The number of nitrogens with two attached hydrogens (primary N) is 1. The van der Waals surface area contributed by atoms with Crippen molar-refractivity contribution >= 4 is 53.3 Å². The first-order chi connectivity index (χ1) is 16.4. The molecule has 0 unspecified atom stereocenters. The minimum absolute atomic E-state index is 0. The second-order valence-corrected chi connectivity index (χ2v) is 7.93. The molecule has 2 heterocycles. The molecule has 11 heteroatoms. The standard InChI is InChI=1S/C25H20ClF2N3O3.2ClH/c26-24-20(28)7-6-18(31-24)11-17(29)14-33-22-9-8-21-19(10-16(27)12-30-21)23(22)25(32)34-13-15-4-2-1-3-5-15;;/h1-10,12,17H,11,13-14,29H2;2*1H/t17-;;/m1../s1. The molecule has 0 fully saturated rings. The number of hydrogen-bond acceptors (Lipinski definition) is 6. The van der Waals surface area contributed by atoms with Gasteiger partial charge in [0.25, 0.3) is 0 Å². The van der Waals surface area contributed by atoms with Crippen LogP contribution in [0.1, 0.15) is 21.6 Å². The number of ether oxygens (including phenoxy) is 2. The molecule has 6 nitrogen and oxygen atoms in total. The SMILES string of the molecule is Cl.Cl.N[C@@H](COc1ccc2ncc(F)cc2c1C(=O)OCc1ccccc1)Cc1ccc(F)c(Cl)n1. The van der Waals surface area contributed by atoms with E-state index in [-0.39, 0.29) is 66.3 Å². The van der Waals surface area contributed by atoms with Gasteiger partial charge in [0.15, 0.2) is 11.0 Å². The lowest BCUT2D eigenvalue weighted by molar-refractivity contribution is 0.0470. The summed E-state index contributed by atoms with van der Waals surface area (Å²) in [6.45, 7) is 0.0403. The van der Waals surface area contributed by atoms with Crippen molar-refractivity contribution in [3.05, 3.63) is 100 Å². The molecule has 36 heavy (non-hydrogen) atoms. The van der Waals surface area contributed by atoms with Crippen LogP contribution >= 0.6 is 36.4 Å². The smallest absolute Gasteiger partial charge is 0.342 e. The van der Waals surface area contributed by atoms with Gasteiger partial charge in [-0.1, -0.05) is 41.9 Å². The summed E-state index contributed by atoms with van der Waals surface area (Å²) in [6, 6.07) is 15.7. The Bertz CT molecular complexity index is 1330. The maximum atomic E-state index is 14.0. The van der Waals surface area contributed by atoms with Crippen LogP contribution in [0.5, 0.6) is 5.75 Å². The molecule has 0 radical (unpaired) electrons. The fourth-order valence-corrected chi connectivity index (χ4v) is 3.54. The van der Waals surface area contributed by atoms with Gasteiger partial charge < -0.3 is 15.2 Å². The number of fused-ring (bicyclic) bond motifs is 1. The highest BCUT2D eigenvalue weighted by atomic mass is 35.5.